The van der Waals surface area contributed by atoms with Gasteiger partial charge in [0.2, 0.25) is 5.89 Å². The molecule has 3 aromatic heterocycles. The normalized spacial score (nSPS) is 11.3. The fraction of sp³-hybridized carbons (Fsp3) is 0.308. The van der Waals surface area contributed by atoms with E-state index in [1.807, 2.05) is 44.0 Å². The lowest BCUT2D eigenvalue weighted by Gasteiger charge is -2.12. The maximum Gasteiger partial charge on any atom is 0.257 e. The van der Waals surface area contributed by atoms with E-state index in [1.165, 1.54) is 0 Å². The zero-order chi connectivity index (χ0) is 13.9. The Hall–Kier alpha value is -1.99. The minimum absolute atomic E-state index is 0.588. The molecule has 0 aliphatic carbocycles. The summed E-state index contributed by atoms with van der Waals surface area (Å²) < 4.78 is 7.46. The summed E-state index contributed by atoms with van der Waals surface area (Å²) in [6, 6.07) is 3.94. The van der Waals surface area contributed by atoms with Crippen molar-refractivity contribution in [2.75, 3.05) is 7.05 Å². The van der Waals surface area contributed by atoms with Gasteiger partial charge >= 0.3 is 0 Å². The third-order valence-corrected chi connectivity index (χ3v) is 3.67. The van der Waals surface area contributed by atoms with E-state index < -0.39 is 0 Å². The first-order valence-corrected chi connectivity index (χ1v) is 7.11. The molecule has 0 amide bonds. The number of nitrogens with zero attached hydrogens (tertiary/aromatic N) is 5. The van der Waals surface area contributed by atoms with Gasteiger partial charge in [-0.2, -0.15) is 5.10 Å². The van der Waals surface area contributed by atoms with Crippen molar-refractivity contribution >= 4 is 11.3 Å². The summed E-state index contributed by atoms with van der Waals surface area (Å²) in [5, 5.41) is 14.3. The Balaban J connectivity index is 1.63. The van der Waals surface area contributed by atoms with Crippen molar-refractivity contribution in [1.29, 1.82) is 0 Å². The molecule has 0 bridgehead atoms. The number of hydrogen-bond acceptors (Lipinski definition) is 6. The Bertz CT molecular complexity index is 673. The molecule has 3 aromatic rings. The summed E-state index contributed by atoms with van der Waals surface area (Å²) in [6.07, 6.45) is 3.86. The van der Waals surface area contributed by atoms with Gasteiger partial charge in [0.15, 0.2) is 0 Å². The van der Waals surface area contributed by atoms with E-state index in [2.05, 4.69) is 20.2 Å². The molecule has 0 aliphatic rings. The van der Waals surface area contributed by atoms with Crippen LogP contribution in [0, 0.1) is 0 Å². The highest BCUT2D eigenvalue weighted by molar-refractivity contribution is 7.13. The van der Waals surface area contributed by atoms with Crippen LogP contribution in [0.2, 0.25) is 0 Å². The first-order valence-electron chi connectivity index (χ1n) is 6.23. The van der Waals surface area contributed by atoms with Gasteiger partial charge in [-0.05, 0) is 18.5 Å². The monoisotopic (exact) mass is 289 g/mol. The van der Waals surface area contributed by atoms with Gasteiger partial charge in [0.25, 0.3) is 5.89 Å². The van der Waals surface area contributed by atoms with Crippen LogP contribution >= 0.6 is 11.3 Å². The van der Waals surface area contributed by atoms with Crippen LogP contribution in [0.5, 0.6) is 0 Å². The second-order valence-corrected chi connectivity index (χ2v) is 5.62. The third kappa shape index (κ3) is 2.94. The summed E-state index contributed by atoms with van der Waals surface area (Å²) >= 11 is 1.59. The van der Waals surface area contributed by atoms with Gasteiger partial charge in [0.05, 0.1) is 17.6 Å². The highest BCUT2D eigenvalue weighted by Gasteiger charge is 2.11. The number of aryl methyl sites for hydroxylation is 1. The lowest BCUT2D eigenvalue weighted by atomic mass is 10.3. The molecule has 0 fully saturated rings. The molecule has 104 valence electrons. The standard InChI is InChI=1S/C13H15N5OS/c1-17(7-10-6-14-18(2)8-10)9-12-15-16-13(19-12)11-4-3-5-20-11/h3-6,8H,7,9H2,1-2H3. The molecular formula is C13H15N5OS. The lowest BCUT2D eigenvalue weighted by molar-refractivity contribution is 0.283. The quantitative estimate of drug-likeness (QED) is 0.720. The topological polar surface area (TPSA) is 60.0 Å². The Morgan fingerprint density at radius 1 is 1.35 bits per heavy atom. The van der Waals surface area contributed by atoms with Gasteiger partial charge < -0.3 is 4.42 Å². The van der Waals surface area contributed by atoms with Gasteiger partial charge in [-0.1, -0.05) is 6.07 Å². The summed E-state index contributed by atoms with van der Waals surface area (Å²) in [4.78, 5) is 3.11. The molecule has 6 nitrogen and oxygen atoms in total. The zero-order valence-electron chi connectivity index (χ0n) is 11.4. The van der Waals surface area contributed by atoms with E-state index in [0.29, 0.717) is 18.3 Å². The van der Waals surface area contributed by atoms with Crippen molar-refractivity contribution in [3.8, 4) is 10.8 Å². The average molecular weight is 289 g/mol. The summed E-state index contributed by atoms with van der Waals surface area (Å²) in [7, 11) is 3.93. The maximum absolute atomic E-state index is 5.67. The number of thiophene rings is 1. The van der Waals surface area contributed by atoms with Crippen LogP contribution in [-0.4, -0.2) is 31.9 Å². The van der Waals surface area contributed by atoms with Gasteiger partial charge in [-0.15, -0.1) is 21.5 Å². The van der Waals surface area contributed by atoms with Gasteiger partial charge in [-0.3, -0.25) is 9.58 Å². The van der Waals surface area contributed by atoms with Crippen LogP contribution in [0.4, 0.5) is 0 Å². The highest BCUT2D eigenvalue weighted by Crippen LogP contribution is 2.23. The second-order valence-electron chi connectivity index (χ2n) is 4.67. The second kappa shape index (κ2) is 5.56. The molecule has 3 rings (SSSR count). The predicted molar refractivity (Wildman–Crippen MR) is 76.0 cm³/mol. The van der Waals surface area contributed by atoms with E-state index in [-0.39, 0.29) is 0 Å². The number of hydrogen-bond donors (Lipinski definition) is 0. The maximum atomic E-state index is 5.67. The Morgan fingerprint density at radius 3 is 2.95 bits per heavy atom. The predicted octanol–water partition coefficient (Wildman–Crippen LogP) is 2.16. The van der Waals surface area contributed by atoms with Crippen molar-refractivity contribution in [2.45, 2.75) is 13.1 Å². The highest BCUT2D eigenvalue weighted by atomic mass is 32.1. The minimum atomic E-state index is 0.588. The molecule has 0 saturated heterocycles. The van der Waals surface area contributed by atoms with Crippen LogP contribution in [0.15, 0.2) is 34.3 Å². The SMILES string of the molecule is CN(Cc1cnn(C)c1)Cc1nnc(-c2cccs2)o1. The molecule has 3 heterocycles. The molecule has 0 spiro atoms. The molecular weight excluding hydrogens is 274 g/mol. The molecule has 0 N–H and O–H groups in total. The molecule has 0 aromatic carbocycles. The molecule has 0 aliphatic heterocycles. The van der Waals surface area contributed by atoms with Crippen molar-refractivity contribution in [1.82, 2.24) is 24.9 Å². The van der Waals surface area contributed by atoms with Crippen molar-refractivity contribution in [3.05, 3.63) is 41.4 Å². The fourth-order valence-corrected chi connectivity index (χ4v) is 2.61. The summed E-state index contributed by atoms with van der Waals surface area (Å²) in [6.45, 7) is 1.41. The zero-order valence-corrected chi connectivity index (χ0v) is 12.2. The Kier molecular flexibility index (Phi) is 3.62. The lowest BCUT2D eigenvalue weighted by Crippen LogP contribution is -2.17. The van der Waals surface area contributed by atoms with E-state index in [0.717, 1.165) is 17.0 Å². The van der Waals surface area contributed by atoms with E-state index in [1.54, 1.807) is 16.0 Å². The van der Waals surface area contributed by atoms with Crippen LogP contribution in [0.1, 0.15) is 11.5 Å². The molecule has 0 unspecified atom stereocenters. The van der Waals surface area contributed by atoms with Crippen LogP contribution in [0.25, 0.3) is 10.8 Å². The molecule has 0 atom stereocenters. The third-order valence-electron chi connectivity index (χ3n) is 2.81. The first kappa shape index (κ1) is 13.0. The van der Waals surface area contributed by atoms with Crippen LogP contribution in [0.3, 0.4) is 0 Å². The van der Waals surface area contributed by atoms with Gasteiger partial charge in [-0.25, -0.2) is 0 Å². The van der Waals surface area contributed by atoms with E-state index >= 15 is 0 Å². The van der Waals surface area contributed by atoms with Crippen molar-refractivity contribution < 1.29 is 4.42 Å². The molecule has 0 saturated carbocycles. The van der Waals surface area contributed by atoms with Crippen LogP contribution in [-0.2, 0) is 20.1 Å². The van der Waals surface area contributed by atoms with Gasteiger partial charge in [0, 0.05) is 25.4 Å². The van der Waals surface area contributed by atoms with E-state index in [4.69, 9.17) is 4.42 Å². The van der Waals surface area contributed by atoms with Crippen LogP contribution < -0.4 is 0 Å². The molecule has 0 radical (unpaired) electrons. The Labute approximate surface area is 120 Å². The average Bonchev–Trinajstić information content (AvgIpc) is 3.10. The van der Waals surface area contributed by atoms with Gasteiger partial charge in [0.1, 0.15) is 0 Å². The van der Waals surface area contributed by atoms with Crippen molar-refractivity contribution in [2.24, 2.45) is 7.05 Å². The molecule has 20 heavy (non-hydrogen) atoms. The smallest absolute Gasteiger partial charge is 0.257 e. The van der Waals surface area contributed by atoms with Crippen molar-refractivity contribution in [3.63, 3.8) is 0 Å². The van der Waals surface area contributed by atoms with E-state index in [9.17, 15) is 0 Å². The molecule has 7 heteroatoms. The fourth-order valence-electron chi connectivity index (χ4n) is 1.97. The largest absolute Gasteiger partial charge is 0.419 e. The minimum Gasteiger partial charge on any atom is -0.419 e. The number of rotatable bonds is 5. The summed E-state index contributed by atoms with van der Waals surface area (Å²) in [5.41, 5.74) is 1.16. The Morgan fingerprint density at radius 2 is 2.25 bits per heavy atom. The first-order chi connectivity index (χ1) is 9.70. The summed E-state index contributed by atoms with van der Waals surface area (Å²) in [5.74, 6) is 1.21. The number of aromatic nitrogens is 4.